The van der Waals surface area contributed by atoms with E-state index in [-0.39, 0.29) is 12.7 Å². The summed E-state index contributed by atoms with van der Waals surface area (Å²) in [5.41, 5.74) is 0. The predicted molar refractivity (Wildman–Crippen MR) is 33.4 cm³/mol. The van der Waals surface area contributed by atoms with Gasteiger partial charge in [0, 0.05) is 13.5 Å². The van der Waals surface area contributed by atoms with E-state index in [1.54, 1.807) is 0 Å². The quantitative estimate of drug-likeness (QED) is 0.506. The van der Waals surface area contributed by atoms with Crippen LogP contribution >= 0.6 is 0 Å². The van der Waals surface area contributed by atoms with Crippen LogP contribution in [0.1, 0.15) is 6.42 Å². The number of rotatable bonds is 1. The molecule has 1 fully saturated rings. The summed E-state index contributed by atoms with van der Waals surface area (Å²) >= 11 is 0. The van der Waals surface area contributed by atoms with Gasteiger partial charge in [0.1, 0.15) is 6.10 Å². The van der Waals surface area contributed by atoms with E-state index in [1.807, 2.05) is 0 Å². The van der Waals surface area contributed by atoms with Crippen molar-refractivity contribution in [3.8, 4) is 0 Å². The van der Waals surface area contributed by atoms with Crippen LogP contribution in [0.15, 0.2) is 0 Å². The van der Waals surface area contributed by atoms with E-state index in [0.29, 0.717) is 6.42 Å². The fourth-order valence-electron chi connectivity index (χ4n) is 0.982. The van der Waals surface area contributed by atoms with Gasteiger partial charge in [-0.05, 0) is 0 Å². The maximum Gasteiger partial charge on any atom is 0.181 e. The molecular weight excluding hydrogens is 136 g/mol. The highest BCUT2D eigenvalue weighted by molar-refractivity contribution is 4.72. The van der Waals surface area contributed by atoms with Crippen LogP contribution in [0.2, 0.25) is 0 Å². The molecular formula is C6H12O4. The van der Waals surface area contributed by atoms with Crippen molar-refractivity contribution in [3.05, 3.63) is 0 Å². The second kappa shape index (κ2) is 3.30. The normalized spacial score (nSPS) is 41.7. The monoisotopic (exact) mass is 148 g/mol. The topological polar surface area (TPSA) is 58.9 Å². The standard InChI is InChI=1S/C6H12O4/c1-9-5-2-4(7)3-10-6(5)8/h4-8H,2-3H2,1H3/t4-,5-,6+/m1/s1. The van der Waals surface area contributed by atoms with E-state index in [4.69, 9.17) is 19.7 Å². The van der Waals surface area contributed by atoms with Crippen molar-refractivity contribution in [2.45, 2.75) is 24.9 Å². The Morgan fingerprint density at radius 1 is 1.50 bits per heavy atom. The van der Waals surface area contributed by atoms with Gasteiger partial charge >= 0.3 is 0 Å². The van der Waals surface area contributed by atoms with Crippen LogP contribution in [0.4, 0.5) is 0 Å². The van der Waals surface area contributed by atoms with E-state index in [2.05, 4.69) is 0 Å². The molecule has 2 N–H and O–H groups in total. The molecule has 3 atom stereocenters. The lowest BCUT2D eigenvalue weighted by Crippen LogP contribution is -2.41. The Labute approximate surface area is 59.4 Å². The molecule has 0 aromatic carbocycles. The molecule has 0 aliphatic carbocycles. The number of ether oxygens (including phenoxy) is 2. The van der Waals surface area contributed by atoms with Gasteiger partial charge in [-0.25, -0.2) is 0 Å². The number of aliphatic hydroxyl groups is 2. The van der Waals surface area contributed by atoms with Gasteiger partial charge in [0.05, 0.1) is 12.7 Å². The fourth-order valence-corrected chi connectivity index (χ4v) is 0.982. The number of hydrogen-bond acceptors (Lipinski definition) is 4. The Hall–Kier alpha value is -0.160. The van der Waals surface area contributed by atoms with Gasteiger partial charge in [0.15, 0.2) is 6.29 Å². The van der Waals surface area contributed by atoms with E-state index in [1.165, 1.54) is 7.11 Å². The van der Waals surface area contributed by atoms with Gasteiger partial charge in [-0.1, -0.05) is 0 Å². The summed E-state index contributed by atoms with van der Waals surface area (Å²) < 4.78 is 9.61. The molecule has 0 spiro atoms. The third kappa shape index (κ3) is 1.67. The zero-order valence-corrected chi connectivity index (χ0v) is 5.86. The first-order valence-corrected chi connectivity index (χ1v) is 3.24. The van der Waals surface area contributed by atoms with E-state index >= 15 is 0 Å². The first-order chi connectivity index (χ1) is 4.74. The van der Waals surface area contributed by atoms with Crippen molar-refractivity contribution >= 4 is 0 Å². The molecule has 0 aromatic rings. The van der Waals surface area contributed by atoms with Crippen molar-refractivity contribution < 1.29 is 19.7 Å². The molecule has 0 aromatic heterocycles. The minimum absolute atomic E-state index is 0.195. The summed E-state index contributed by atoms with van der Waals surface area (Å²) in [5.74, 6) is 0. The molecule has 1 aliphatic rings. The van der Waals surface area contributed by atoms with Gasteiger partial charge in [0.2, 0.25) is 0 Å². The van der Waals surface area contributed by atoms with Crippen LogP contribution in [-0.2, 0) is 9.47 Å². The van der Waals surface area contributed by atoms with Crippen LogP contribution < -0.4 is 0 Å². The van der Waals surface area contributed by atoms with Crippen LogP contribution in [0.25, 0.3) is 0 Å². The zero-order valence-electron chi connectivity index (χ0n) is 5.86. The van der Waals surface area contributed by atoms with Crippen LogP contribution in [0, 0.1) is 0 Å². The molecule has 0 bridgehead atoms. The molecule has 0 radical (unpaired) electrons. The highest BCUT2D eigenvalue weighted by atomic mass is 16.6. The third-order valence-electron chi connectivity index (χ3n) is 1.58. The lowest BCUT2D eigenvalue weighted by molar-refractivity contribution is -0.219. The van der Waals surface area contributed by atoms with Gasteiger partial charge in [-0.3, -0.25) is 0 Å². The van der Waals surface area contributed by atoms with Gasteiger partial charge in [-0.2, -0.15) is 0 Å². The maximum atomic E-state index is 9.03. The lowest BCUT2D eigenvalue weighted by Gasteiger charge is -2.29. The highest BCUT2D eigenvalue weighted by Crippen LogP contribution is 2.14. The summed E-state index contributed by atoms with van der Waals surface area (Å²) in [5, 5.41) is 18.0. The summed E-state index contributed by atoms with van der Waals surface area (Å²) in [6.45, 7) is 0.195. The minimum atomic E-state index is -0.881. The molecule has 0 amide bonds. The van der Waals surface area contributed by atoms with Crippen LogP contribution in [0.5, 0.6) is 0 Å². The van der Waals surface area contributed by atoms with Crippen molar-refractivity contribution in [2.24, 2.45) is 0 Å². The molecule has 1 aliphatic heterocycles. The molecule has 1 rings (SSSR count). The van der Waals surface area contributed by atoms with E-state index in [0.717, 1.165) is 0 Å². The molecule has 1 saturated heterocycles. The Balaban J connectivity index is 2.38. The molecule has 0 saturated carbocycles. The Bertz CT molecular complexity index is 106. The summed E-state index contributed by atoms with van der Waals surface area (Å²) in [6.07, 6.45) is -1.33. The molecule has 0 unspecified atom stereocenters. The number of aliphatic hydroxyl groups excluding tert-OH is 2. The first-order valence-electron chi connectivity index (χ1n) is 3.24. The van der Waals surface area contributed by atoms with E-state index < -0.39 is 12.4 Å². The van der Waals surface area contributed by atoms with E-state index in [9.17, 15) is 0 Å². The average molecular weight is 148 g/mol. The Morgan fingerprint density at radius 2 is 2.20 bits per heavy atom. The van der Waals surface area contributed by atoms with Crippen molar-refractivity contribution in [2.75, 3.05) is 13.7 Å². The highest BCUT2D eigenvalue weighted by Gasteiger charge is 2.28. The maximum absolute atomic E-state index is 9.03. The number of methoxy groups -OCH3 is 1. The summed E-state index contributed by atoms with van der Waals surface area (Å²) in [6, 6.07) is 0. The van der Waals surface area contributed by atoms with Crippen molar-refractivity contribution in [3.63, 3.8) is 0 Å². The van der Waals surface area contributed by atoms with Crippen LogP contribution in [0.3, 0.4) is 0 Å². The molecule has 10 heavy (non-hydrogen) atoms. The fraction of sp³-hybridized carbons (Fsp3) is 1.00. The molecule has 1 heterocycles. The van der Waals surface area contributed by atoms with Gasteiger partial charge < -0.3 is 19.7 Å². The zero-order chi connectivity index (χ0) is 7.56. The Morgan fingerprint density at radius 3 is 2.70 bits per heavy atom. The lowest BCUT2D eigenvalue weighted by atomic mass is 10.1. The van der Waals surface area contributed by atoms with Crippen molar-refractivity contribution in [1.82, 2.24) is 0 Å². The average Bonchev–Trinajstić information content (AvgIpc) is 1.94. The largest absolute Gasteiger partial charge is 0.391 e. The SMILES string of the molecule is CO[C@@H]1C[C@@H](O)CO[C@@H]1O. The molecule has 4 heteroatoms. The number of hydrogen-bond donors (Lipinski definition) is 2. The third-order valence-corrected chi connectivity index (χ3v) is 1.58. The summed E-state index contributed by atoms with van der Waals surface area (Å²) in [7, 11) is 1.48. The molecule has 4 nitrogen and oxygen atoms in total. The minimum Gasteiger partial charge on any atom is -0.391 e. The second-order valence-electron chi connectivity index (χ2n) is 2.39. The smallest absolute Gasteiger partial charge is 0.181 e. The Kier molecular flexibility index (Phi) is 2.62. The molecule has 60 valence electrons. The second-order valence-corrected chi connectivity index (χ2v) is 2.39. The predicted octanol–water partition coefficient (Wildman–Crippen LogP) is -0.899. The van der Waals surface area contributed by atoms with Gasteiger partial charge in [0.25, 0.3) is 0 Å². The van der Waals surface area contributed by atoms with Gasteiger partial charge in [-0.15, -0.1) is 0 Å². The summed E-state index contributed by atoms with van der Waals surface area (Å²) in [4.78, 5) is 0. The first kappa shape index (κ1) is 7.94. The van der Waals surface area contributed by atoms with Crippen LogP contribution in [-0.4, -0.2) is 42.4 Å². The van der Waals surface area contributed by atoms with Crippen molar-refractivity contribution in [1.29, 1.82) is 0 Å².